The third-order valence-electron chi connectivity index (χ3n) is 2.99. The smallest absolute Gasteiger partial charge is 0.335 e. The number of benzene rings is 2. The van der Waals surface area contributed by atoms with E-state index in [1.54, 1.807) is 24.3 Å². The lowest BCUT2D eigenvalue weighted by Crippen LogP contribution is -1.96. The Morgan fingerprint density at radius 3 is 2.15 bits per heavy atom. The molecule has 0 heterocycles. The molecular formula is C17H14O3. The van der Waals surface area contributed by atoms with E-state index in [4.69, 9.17) is 5.11 Å². The van der Waals surface area contributed by atoms with Gasteiger partial charge < -0.3 is 5.11 Å². The number of carbonyl (C=O) groups is 2. The minimum absolute atomic E-state index is 0.261. The van der Waals surface area contributed by atoms with Crippen molar-refractivity contribution in [1.82, 2.24) is 0 Å². The summed E-state index contributed by atoms with van der Waals surface area (Å²) in [5, 5.41) is 8.82. The van der Waals surface area contributed by atoms with E-state index in [0.717, 1.165) is 17.4 Å². The van der Waals surface area contributed by atoms with Crippen LogP contribution in [0.5, 0.6) is 0 Å². The van der Waals surface area contributed by atoms with Gasteiger partial charge in [0.15, 0.2) is 0 Å². The van der Waals surface area contributed by atoms with Crippen molar-refractivity contribution >= 4 is 17.8 Å². The quantitative estimate of drug-likeness (QED) is 0.668. The molecule has 3 heteroatoms. The molecule has 0 bridgehead atoms. The fourth-order valence-electron chi connectivity index (χ4n) is 1.88. The zero-order valence-corrected chi connectivity index (χ0v) is 10.8. The fourth-order valence-corrected chi connectivity index (χ4v) is 1.88. The first-order valence-electron chi connectivity index (χ1n) is 6.23. The molecule has 0 aliphatic heterocycles. The van der Waals surface area contributed by atoms with Crippen LogP contribution in [0.4, 0.5) is 0 Å². The molecule has 1 N–H and O–H groups in total. The summed E-state index contributed by atoms with van der Waals surface area (Å²) in [6, 6.07) is 16.1. The topological polar surface area (TPSA) is 54.4 Å². The summed E-state index contributed by atoms with van der Waals surface area (Å²) in [7, 11) is 0. The highest BCUT2D eigenvalue weighted by atomic mass is 16.4. The van der Waals surface area contributed by atoms with Gasteiger partial charge in [-0.2, -0.15) is 0 Å². The molecule has 2 aromatic carbocycles. The Labute approximate surface area is 117 Å². The summed E-state index contributed by atoms with van der Waals surface area (Å²) in [5.41, 5.74) is 2.74. The second-order valence-electron chi connectivity index (χ2n) is 4.35. The van der Waals surface area contributed by atoms with Crippen molar-refractivity contribution in [2.24, 2.45) is 0 Å². The molecule has 100 valence electrons. The molecule has 20 heavy (non-hydrogen) atoms. The summed E-state index contributed by atoms with van der Waals surface area (Å²) in [6.07, 6.45) is 3.27. The van der Waals surface area contributed by atoms with Crippen LogP contribution < -0.4 is 0 Å². The third-order valence-corrected chi connectivity index (χ3v) is 2.99. The largest absolute Gasteiger partial charge is 0.478 e. The van der Waals surface area contributed by atoms with Gasteiger partial charge in [0.05, 0.1) is 5.56 Å². The average Bonchev–Trinajstić information content (AvgIpc) is 2.49. The fraction of sp³-hybridized carbons (Fsp3) is 0.0588. The third kappa shape index (κ3) is 3.42. The van der Waals surface area contributed by atoms with Crippen LogP contribution in [0.15, 0.2) is 60.7 Å². The number of hydrogen-bond donors (Lipinski definition) is 1. The van der Waals surface area contributed by atoms with Crippen molar-refractivity contribution in [3.8, 4) is 0 Å². The number of carbonyl (C=O) groups excluding carboxylic acids is 1. The molecular weight excluding hydrogens is 252 g/mol. The minimum Gasteiger partial charge on any atom is -0.478 e. The first-order valence-corrected chi connectivity index (χ1v) is 6.23. The maximum absolute atomic E-state index is 11.1. The van der Waals surface area contributed by atoms with Gasteiger partial charge in [-0.15, -0.1) is 0 Å². The van der Waals surface area contributed by atoms with Gasteiger partial charge >= 0.3 is 5.97 Å². The molecule has 0 aliphatic rings. The molecule has 0 fully saturated rings. The SMILES string of the molecule is O=C/C(=C/Cc1ccc(C(=O)O)cc1)c1ccccc1. The van der Waals surface area contributed by atoms with Crippen molar-refractivity contribution in [3.63, 3.8) is 0 Å². The van der Waals surface area contributed by atoms with Crippen LogP contribution in [0.3, 0.4) is 0 Å². The zero-order chi connectivity index (χ0) is 14.4. The van der Waals surface area contributed by atoms with E-state index in [2.05, 4.69) is 0 Å². The van der Waals surface area contributed by atoms with Crippen molar-refractivity contribution in [2.75, 3.05) is 0 Å². The molecule has 0 unspecified atom stereocenters. The second kappa shape index (κ2) is 6.48. The van der Waals surface area contributed by atoms with Crippen LogP contribution >= 0.6 is 0 Å². The van der Waals surface area contributed by atoms with Gasteiger partial charge in [0.1, 0.15) is 6.29 Å². The molecule has 0 atom stereocenters. The standard InChI is InChI=1S/C17H14O3/c18-12-16(14-4-2-1-3-5-14)11-8-13-6-9-15(10-7-13)17(19)20/h1-7,9-12H,8H2,(H,19,20)/b16-11-. The Hall–Kier alpha value is -2.68. The van der Waals surface area contributed by atoms with E-state index in [1.165, 1.54) is 0 Å². The van der Waals surface area contributed by atoms with Gasteiger partial charge in [0.2, 0.25) is 0 Å². The molecule has 0 saturated carbocycles. The first-order chi connectivity index (χ1) is 9.70. The Bertz CT molecular complexity index is 625. The van der Waals surface area contributed by atoms with Crippen molar-refractivity contribution in [1.29, 1.82) is 0 Å². The molecule has 0 saturated heterocycles. The molecule has 0 spiro atoms. The van der Waals surface area contributed by atoms with E-state index >= 15 is 0 Å². The summed E-state index contributed by atoms with van der Waals surface area (Å²) < 4.78 is 0. The normalized spacial score (nSPS) is 11.1. The van der Waals surface area contributed by atoms with E-state index < -0.39 is 5.97 Å². The number of allylic oxidation sites excluding steroid dienone is 2. The maximum atomic E-state index is 11.1. The predicted molar refractivity (Wildman–Crippen MR) is 77.6 cm³/mol. The lowest BCUT2D eigenvalue weighted by Gasteiger charge is -2.01. The lowest BCUT2D eigenvalue weighted by atomic mass is 10.0. The number of rotatable bonds is 5. The predicted octanol–water partition coefficient (Wildman–Crippen LogP) is 3.21. The van der Waals surface area contributed by atoms with Crippen molar-refractivity contribution in [2.45, 2.75) is 6.42 Å². The summed E-state index contributed by atoms with van der Waals surface area (Å²) in [4.78, 5) is 21.9. The zero-order valence-electron chi connectivity index (χ0n) is 10.8. The van der Waals surface area contributed by atoms with Crippen LogP contribution in [0.1, 0.15) is 21.5 Å². The van der Waals surface area contributed by atoms with Gasteiger partial charge in [0, 0.05) is 5.57 Å². The van der Waals surface area contributed by atoms with Crippen LogP contribution in [-0.4, -0.2) is 17.4 Å². The molecule has 0 radical (unpaired) electrons. The maximum Gasteiger partial charge on any atom is 0.335 e. The molecule has 0 aliphatic carbocycles. The van der Waals surface area contributed by atoms with Crippen LogP contribution in [0.25, 0.3) is 5.57 Å². The van der Waals surface area contributed by atoms with Gasteiger partial charge in [-0.25, -0.2) is 4.79 Å². The molecule has 0 aromatic heterocycles. The van der Waals surface area contributed by atoms with Gasteiger partial charge in [-0.05, 0) is 29.7 Å². The van der Waals surface area contributed by atoms with Crippen LogP contribution in [0.2, 0.25) is 0 Å². The molecule has 3 nitrogen and oxygen atoms in total. The first kappa shape index (κ1) is 13.7. The number of carboxylic acids is 1. The average molecular weight is 266 g/mol. The van der Waals surface area contributed by atoms with Gasteiger partial charge in [0.25, 0.3) is 0 Å². The van der Waals surface area contributed by atoms with Gasteiger partial charge in [-0.3, -0.25) is 4.79 Å². The number of aldehydes is 1. The molecule has 2 aromatic rings. The lowest BCUT2D eigenvalue weighted by molar-refractivity contribution is -0.103. The number of aromatic carboxylic acids is 1. The van der Waals surface area contributed by atoms with Crippen LogP contribution in [-0.2, 0) is 11.2 Å². The van der Waals surface area contributed by atoms with E-state index in [9.17, 15) is 9.59 Å². The monoisotopic (exact) mass is 266 g/mol. The Morgan fingerprint density at radius 1 is 0.950 bits per heavy atom. The van der Waals surface area contributed by atoms with E-state index in [1.807, 2.05) is 36.4 Å². The Balaban J connectivity index is 2.15. The van der Waals surface area contributed by atoms with Crippen LogP contribution in [0, 0.1) is 0 Å². The molecule has 0 amide bonds. The Kier molecular flexibility index (Phi) is 4.45. The minimum atomic E-state index is -0.940. The summed E-state index contributed by atoms with van der Waals surface area (Å²) in [5.74, 6) is -0.940. The summed E-state index contributed by atoms with van der Waals surface area (Å²) >= 11 is 0. The second-order valence-corrected chi connectivity index (χ2v) is 4.35. The Morgan fingerprint density at radius 2 is 1.60 bits per heavy atom. The van der Waals surface area contributed by atoms with E-state index in [0.29, 0.717) is 12.0 Å². The van der Waals surface area contributed by atoms with E-state index in [-0.39, 0.29) is 5.56 Å². The van der Waals surface area contributed by atoms with Gasteiger partial charge in [-0.1, -0.05) is 48.5 Å². The number of carboxylic acid groups (broad SMARTS) is 1. The number of hydrogen-bond acceptors (Lipinski definition) is 2. The van der Waals surface area contributed by atoms with Crippen molar-refractivity contribution in [3.05, 3.63) is 77.4 Å². The summed E-state index contributed by atoms with van der Waals surface area (Å²) in [6.45, 7) is 0. The highest BCUT2D eigenvalue weighted by molar-refractivity contribution is 6.06. The highest BCUT2D eigenvalue weighted by Gasteiger charge is 2.02. The molecule has 2 rings (SSSR count). The van der Waals surface area contributed by atoms with Crippen molar-refractivity contribution < 1.29 is 14.7 Å². The highest BCUT2D eigenvalue weighted by Crippen LogP contribution is 2.13.